The van der Waals surface area contributed by atoms with Gasteiger partial charge in [-0.15, -0.1) is 11.3 Å². The SMILES string of the molecule is O=C1CC(COc2ccc(C(F)(F)F)cc2)=Nc2c1ccnc2-c1csc(NCCO)n1. The number of ether oxygens (including phenoxy) is 1. The summed E-state index contributed by atoms with van der Waals surface area (Å²) in [6.07, 6.45) is -2.86. The van der Waals surface area contributed by atoms with Gasteiger partial charge < -0.3 is 15.2 Å². The van der Waals surface area contributed by atoms with E-state index >= 15 is 0 Å². The number of fused-ring (bicyclic) bond motifs is 1. The van der Waals surface area contributed by atoms with E-state index in [-0.39, 0.29) is 31.2 Å². The summed E-state index contributed by atoms with van der Waals surface area (Å²) in [6.45, 7) is 0.273. The van der Waals surface area contributed by atoms with Crippen LogP contribution >= 0.6 is 11.3 Å². The van der Waals surface area contributed by atoms with Gasteiger partial charge in [-0.05, 0) is 30.3 Å². The predicted molar refractivity (Wildman–Crippen MR) is 114 cm³/mol. The molecule has 0 fully saturated rings. The molecule has 0 saturated carbocycles. The summed E-state index contributed by atoms with van der Waals surface area (Å²) >= 11 is 1.34. The zero-order valence-corrected chi connectivity index (χ0v) is 17.3. The number of aliphatic hydroxyl groups excluding tert-OH is 1. The van der Waals surface area contributed by atoms with E-state index in [1.807, 2.05) is 0 Å². The van der Waals surface area contributed by atoms with Crippen LogP contribution < -0.4 is 10.1 Å². The van der Waals surface area contributed by atoms with E-state index in [1.54, 1.807) is 11.4 Å². The molecule has 2 N–H and O–H groups in total. The molecule has 166 valence electrons. The highest BCUT2D eigenvalue weighted by Gasteiger charge is 2.30. The van der Waals surface area contributed by atoms with Gasteiger partial charge >= 0.3 is 6.18 Å². The third-order valence-electron chi connectivity index (χ3n) is 4.58. The fourth-order valence-electron chi connectivity index (χ4n) is 3.07. The van der Waals surface area contributed by atoms with Gasteiger partial charge in [0.05, 0.1) is 24.3 Å². The van der Waals surface area contributed by atoms with Crippen LogP contribution in [0.15, 0.2) is 46.9 Å². The number of thiazole rings is 1. The number of aliphatic hydroxyl groups is 1. The Balaban J connectivity index is 1.55. The minimum atomic E-state index is -4.42. The number of aliphatic imine (C=N–C) groups is 1. The van der Waals surface area contributed by atoms with Crippen molar-refractivity contribution in [2.24, 2.45) is 4.99 Å². The summed E-state index contributed by atoms with van der Waals surface area (Å²) in [5, 5.41) is 14.3. The normalized spacial score (nSPS) is 13.5. The van der Waals surface area contributed by atoms with Crippen LogP contribution in [0.1, 0.15) is 22.3 Å². The lowest BCUT2D eigenvalue weighted by atomic mass is 9.99. The number of alkyl halides is 3. The van der Waals surface area contributed by atoms with Crippen LogP contribution in [-0.2, 0) is 6.18 Å². The average Bonchev–Trinajstić information content (AvgIpc) is 3.24. The molecule has 4 rings (SSSR count). The van der Waals surface area contributed by atoms with Crippen molar-refractivity contribution < 1.29 is 27.8 Å². The first-order chi connectivity index (χ1) is 15.3. The first-order valence-corrected chi connectivity index (χ1v) is 10.4. The van der Waals surface area contributed by atoms with Crippen molar-refractivity contribution in [3.05, 3.63) is 53.0 Å². The average molecular weight is 462 g/mol. The predicted octanol–water partition coefficient (Wildman–Crippen LogP) is 4.37. The van der Waals surface area contributed by atoms with Crippen molar-refractivity contribution in [2.45, 2.75) is 12.6 Å². The smallest absolute Gasteiger partial charge is 0.416 e. The zero-order valence-electron chi connectivity index (χ0n) is 16.5. The lowest BCUT2D eigenvalue weighted by molar-refractivity contribution is -0.137. The van der Waals surface area contributed by atoms with Crippen LogP contribution in [0.5, 0.6) is 5.75 Å². The standard InChI is InChI=1S/C21H17F3N4O3S/c22-21(23,24)12-1-3-14(4-2-12)31-10-13-9-17(30)15-5-6-25-19(18(15)27-13)16-11-32-20(28-16)26-7-8-29/h1-6,11,29H,7-10H2,(H,26,28). The molecule has 1 aliphatic heterocycles. The van der Waals surface area contributed by atoms with Crippen LogP contribution in [0.25, 0.3) is 11.4 Å². The molecule has 3 heterocycles. The summed E-state index contributed by atoms with van der Waals surface area (Å²) in [4.78, 5) is 26.0. The van der Waals surface area contributed by atoms with Gasteiger partial charge in [-0.1, -0.05) is 0 Å². The van der Waals surface area contributed by atoms with Gasteiger partial charge in [-0.25, -0.2) is 4.98 Å². The third-order valence-corrected chi connectivity index (χ3v) is 5.38. The first kappa shape index (κ1) is 21.9. The molecule has 32 heavy (non-hydrogen) atoms. The van der Waals surface area contributed by atoms with Crippen LogP contribution in [-0.4, -0.2) is 46.3 Å². The molecule has 0 amide bonds. The Morgan fingerprint density at radius 3 is 2.69 bits per heavy atom. The zero-order chi connectivity index (χ0) is 22.7. The first-order valence-electron chi connectivity index (χ1n) is 9.54. The van der Waals surface area contributed by atoms with Gasteiger partial charge in [-0.3, -0.25) is 14.8 Å². The third kappa shape index (κ3) is 4.78. The second-order valence-corrected chi connectivity index (χ2v) is 7.69. The molecule has 0 saturated heterocycles. The van der Waals surface area contributed by atoms with Gasteiger partial charge in [0.1, 0.15) is 29.4 Å². The fraction of sp³-hybridized carbons (Fsp3) is 0.238. The summed E-state index contributed by atoms with van der Waals surface area (Å²) in [6, 6.07) is 5.92. The number of Topliss-reactive ketones (excluding diaryl/α,β-unsaturated/α-hetero) is 1. The van der Waals surface area contributed by atoms with E-state index in [4.69, 9.17) is 9.84 Å². The van der Waals surface area contributed by atoms with Crippen molar-refractivity contribution >= 4 is 33.7 Å². The van der Waals surface area contributed by atoms with E-state index < -0.39 is 11.7 Å². The molecular formula is C21H17F3N4O3S. The van der Waals surface area contributed by atoms with Gasteiger partial charge in [0.25, 0.3) is 0 Å². The number of carbonyl (C=O) groups excluding carboxylic acids is 1. The van der Waals surface area contributed by atoms with Crippen LogP contribution in [0.4, 0.5) is 24.0 Å². The molecule has 2 aromatic heterocycles. The number of aromatic nitrogens is 2. The van der Waals surface area contributed by atoms with E-state index in [0.717, 1.165) is 12.1 Å². The minimum absolute atomic E-state index is 0.0328. The number of anilines is 1. The van der Waals surface area contributed by atoms with Crippen LogP contribution in [0, 0.1) is 0 Å². The summed E-state index contributed by atoms with van der Waals surface area (Å²) in [7, 11) is 0. The highest BCUT2D eigenvalue weighted by molar-refractivity contribution is 7.14. The Morgan fingerprint density at radius 1 is 1.19 bits per heavy atom. The van der Waals surface area contributed by atoms with Crippen molar-refractivity contribution in [1.29, 1.82) is 0 Å². The van der Waals surface area contributed by atoms with E-state index in [1.165, 1.54) is 29.7 Å². The number of hydrogen-bond donors (Lipinski definition) is 2. The molecule has 1 aliphatic rings. The van der Waals surface area contributed by atoms with Crippen LogP contribution in [0.2, 0.25) is 0 Å². The number of pyridine rings is 1. The second-order valence-electron chi connectivity index (χ2n) is 6.83. The Labute approximate surface area is 184 Å². The Hall–Kier alpha value is -3.31. The van der Waals surface area contributed by atoms with E-state index in [9.17, 15) is 18.0 Å². The number of benzene rings is 1. The largest absolute Gasteiger partial charge is 0.488 e. The Morgan fingerprint density at radius 2 is 1.97 bits per heavy atom. The molecule has 3 aromatic rings. The molecule has 0 aliphatic carbocycles. The highest BCUT2D eigenvalue weighted by atomic mass is 32.1. The number of nitrogens with zero attached hydrogens (tertiary/aromatic N) is 3. The maximum absolute atomic E-state index is 12.7. The number of ketones is 1. The summed E-state index contributed by atoms with van der Waals surface area (Å²) in [5.74, 6) is 0.0861. The van der Waals surface area contributed by atoms with Gasteiger partial charge in [-0.2, -0.15) is 13.2 Å². The lowest BCUT2D eigenvalue weighted by Crippen LogP contribution is -2.20. The molecule has 0 atom stereocenters. The number of carbonyl (C=O) groups is 1. The van der Waals surface area contributed by atoms with Crippen molar-refractivity contribution in [1.82, 2.24) is 9.97 Å². The summed E-state index contributed by atoms with van der Waals surface area (Å²) in [5.41, 5.74) is 1.45. The van der Waals surface area contributed by atoms with Crippen molar-refractivity contribution in [2.75, 3.05) is 25.1 Å². The highest BCUT2D eigenvalue weighted by Crippen LogP contribution is 2.36. The number of nitrogens with one attached hydrogen (secondary N) is 1. The maximum Gasteiger partial charge on any atom is 0.416 e. The monoisotopic (exact) mass is 462 g/mol. The fourth-order valence-corrected chi connectivity index (χ4v) is 3.80. The number of halogens is 3. The number of hydrogen-bond acceptors (Lipinski definition) is 8. The molecule has 0 spiro atoms. The van der Waals surface area contributed by atoms with Gasteiger partial charge in [0, 0.05) is 23.7 Å². The summed E-state index contributed by atoms with van der Waals surface area (Å²) < 4.78 is 43.6. The topological polar surface area (TPSA) is 96.7 Å². The Bertz CT molecular complexity index is 1160. The van der Waals surface area contributed by atoms with E-state index in [2.05, 4.69) is 20.3 Å². The maximum atomic E-state index is 12.7. The quantitative estimate of drug-likeness (QED) is 0.542. The minimum Gasteiger partial charge on any atom is -0.488 e. The Kier molecular flexibility index (Phi) is 6.19. The molecule has 0 radical (unpaired) electrons. The van der Waals surface area contributed by atoms with Gasteiger partial charge in [0.15, 0.2) is 10.9 Å². The molecule has 1 aromatic carbocycles. The molecule has 11 heteroatoms. The molecular weight excluding hydrogens is 445 g/mol. The van der Waals surface area contributed by atoms with Crippen molar-refractivity contribution in [3.8, 4) is 17.1 Å². The van der Waals surface area contributed by atoms with Crippen molar-refractivity contribution in [3.63, 3.8) is 0 Å². The number of rotatable bonds is 7. The lowest BCUT2D eigenvalue weighted by Gasteiger charge is -2.17. The van der Waals surface area contributed by atoms with E-state index in [0.29, 0.717) is 40.0 Å². The second kappa shape index (κ2) is 9.05. The molecule has 0 unspecified atom stereocenters. The molecule has 0 bridgehead atoms. The molecule has 7 nitrogen and oxygen atoms in total. The van der Waals surface area contributed by atoms with Crippen LogP contribution in [0.3, 0.4) is 0 Å². The van der Waals surface area contributed by atoms with Gasteiger partial charge in [0.2, 0.25) is 0 Å².